The van der Waals surface area contributed by atoms with Crippen molar-refractivity contribution in [2.24, 2.45) is 22.7 Å². The summed E-state index contributed by atoms with van der Waals surface area (Å²) in [4.78, 5) is 54.5. The van der Waals surface area contributed by atoms with E-state index in [4.69, 9.17) is 20.4 Å². The first kappa shape index (κ1) is 90.1. The fraction of sp³-hybridized carbons (Fsp3) is 0.857. The molecular weight excluding hydrogens is 580 g/mol. The van der Waals surface area contributed by atoms with Crippen LogP contribution < -0.4 is 0 Å². The molecule has 0 saturated carbocycles. The maximum Gasteiger partial charge on any atom is 0.310 e. The Bertz CT molecular complexity index is 657. The van der Waals surface area contributed by atoms with E-state index in [1.54, 1.807) is 13.8 Å². The number of rotatable bonds is 16. The van der Waals surface area contributed by atoms with Gasteiger partial charge in [0, 0.05) is 12.8 Å². The van der Waals surface area contributed by atoms with Crippen molar-refractivity contribution in [3.05, 3.63) is 0 Å². The molecule has 45 heavy (non-hydrogen) atoms. The third kappa shape index (κ3) is 35.7. The van der Waals surface area contributed by atoms with E-state index in [2.05, 4.69) is 0 Å². The van der Waals surface area contributed by atoms with E-state index in [9.17, 15) is 29.1 Å². The zero-order valence-corrected chi connectivity index (χ0v) is 20.3. The third-order valence-electron chi connectivity index (χ3n) is 6.39. The van der Waals surface area contributed by atoms with Crippen LogP contribution in [0.5, 0.6) is 0 Å². The van der Waals surface area contributed by atoms with Crippen molar-refractivity contribution in [1.82, 2.24) is 0 Å². The molecule has 4 unspecified atom stereocenters. The number of carboxylic acids is 5. The van der Waals surface area contributed by atoms with Crippen molar-refractivity contribution < 1.29 is 49.5 Å². The fourth-order valence-corrected chi connectivity index (χ4v) is 3.76. The minimum absolute atomic E-state index is 0. The van der Waals surface area contributed by atoms with Gasteiger partial charge in [-0.05, 0) is 44.4 Å². The Kier molecular flexibility index (Phi) is 87.0. The highest BCUT2D eigenvalue weighted by atomic mass is 16.4. The van der Waals surface area contributed by atoms with Crippen LogP contribution in [0.3, 0.4) is 0 Å². The Morgan fingerprint density at radius 3 is 0.978 bits per heavy atom. The molecule has 0 radical (unpaired) electrons. The second kappa shape index (κ2) is 43.5. The van der Waals surface area contributed by atoms with Crippen molar-refractivity contribution in [3.63, 3.8) is 0 Å². The Morgan fingerprint density at radius 1 is 0.511 bits per heavy atom. The smallest absolute Gasteiger partial charge is 0.310 e. The molecule has 0 aromatic rings. The lowest BCUT2D eigenvalue weighted by molar-refractivity contribution is -0.163. The summed E-state index contributed by atoms with van der Waals surface area (Å²) >= 11 is 0. The van der Waals surface area contributed by atoms with Crippen LogP contribution in [0, 0.1) is 22.7 Å². The van der Waals surface area contributed by atoms with Crippen LogP contribution in [0.4, 0.5) is 0 Å². The number of carbonyl (C=O) groups is 5. The van der Waals surface area contributed by atoms with Crippen molar-refractivity contribution in [2.45, 2.75) is 182 Å². The molecule has 0 bridgehead atoms. The van der Waals surface area contributed by atoms with Crippen LogP contribution in [0.25, 0.3) is 0 Å². The van der Waals surface area contributed by atoms with E-state index >= 15 is 0 Å². The second-order valence-corrected chi connectivity index (χ2v) is 8.89. The Hall–Kier alpha value is -2.65. The molecule has 0 aliphatic carbocycles. The van der Waals surface area contributed by atoms with Gasteiger partial charge in [0.1, 0.15) is 0 Å². The van der Waals surface area contributed by atoms with Gasteiger partial charge in [0.05, 0.1) is 17.3 Å². The largest absolute Gasteiger partial charge is 0.481 e. The fourth-order valence-electron chi connectivity index (χ4n) is 3.76. The van der Waals surface area contributed by atoms with Crippen molar-refractivity contribution >= 4 is 29.8 Å². The summed E-state index contributed by atoms with van der Waals surface area (Å²) in [6.07, 6.45) is 2.15. The van der Waals surface area contributed by atoms with Gasteiger partial charge in [-0.1, -0.05) is 130 Å². The molecule has 0 spiro atoms. The number of aliphatic carboxylic acids is 5. The van der Waals surface area contributed by atoms with Crippen LogP contribution in [-0.2, 0) is 24.0 Å². The normalized spacial score (nSPS) is 11.8. The summed E-state index contributed by atoms with van der Waals surface area (Å²) in [6.45, 7) is 8.55. The SMILES string of the molecule is C.C.C.C.C.C.C.C.C.C.C.C.CCC(C)(CC(CC)(CC(=O)O)C(=O)O)C(=O)O.CCC(CC(=O)O)CC(CC)CC(=O)O. The third-order valence-corrected chi connectivity index (χ3v) is 6.39. The van der Waals surface area contributed by atoms with Crippen molar-refractivity contribution in [2.75, 3.05) is 0 Å². The minimum Gasteiger partial charge on any atom is -0.481 e. The summed E-state index contributed by atoms with van der Waals surface area (Å²) in [6, 6.07) is 0. The molecule has 0 aromatic heterocycles. The predicted octanol–water partition coefficient (Wildman–Crippen LogP) is 11.8. The van der Waals surface area contributed by atoms with Gasteiger partial charge < -0.3 is 25.5 Å². The van der Waals surface area contributed by atoms with E-state index < -0.39 is 47.1 Å². The van der Waals surface area contributed by atoms with Crippen LogP contribution in [0.2, 0.25) is 0 Å². The van der Waals surface area contributed by atoms with Crippen LogP contribution in [0.15, 0.2) is 0 Å². The molecule has 5 N–H and O–H groups in total. The average Bonchev–Trinajstić information content (AvgIpc) is 2.70. The van der Waals surface area contributed by atoms with Crippen molar-refractivity contribution in [3.8, 4) is 0 Å². The molecular formula is C35H88O10. The van der Waals surface area contributed by atoms with Crippen LogP contribution in [-0.4, -0.2) is 55.4 Å². The molecule has 0 amide bonds. The van der Waals surface area contributed by atoms with Gasteiger partial charge >= 0.3 is 29.8 Å². The Labute approximate surface area is 283 Å². The quantitative estimate of drug-likeness (QED) is 0.106. The van der Waals surface area contributed by atoms with Crippen molar-refractivity contribution in [1.29, 1.82) is 0 Å². The molecule has 0 saturated heterocycles. The topological polar surface area (TPSA) is 186 Å². The zero-order valence-electron chi connectivity index (χ0n) is 20.3. The lowest BCUT2D eigenvalue weighted by Gasteiger charge is -2.34. The number of carboxylic acid groups (broad SMARTS) is 5. The summed E-state index contributed by atoms with van der Waals surface area (Å²) in [5, 5.41) is 44.6. The molecule has 4 atom stereocenters. The predicted molar refractivity (Wildman–Crippen MR) is 201 cm³/mol. The molecule has 288 valence electrons. The molecule has 10 heteroatoms. The number of hydrogen-bond acceptors (Lipinski definition) is 5. The molecule has 0 heterocycles. The molecule has 10 nitrogen and oxygen atoms in total. The first-order valence-corrected chi connectivity index (χ1v) is 11.2. The van der Waals surface area contributed by atoms with E-state index in [0.717, 1.165) is 12.8 Å². The van der Waals surface area contributed by atoms with E-state index in [1.165, 1.54) is 6.92 Å². The second-order valence-electron chi connectivity index (χ2n) is 8.89. The molecule has 0 fully saturated rings. The van der Waals surface area contributed by atoms with Gasteiger partial charge in [-0.3, -0.25) is 24.0 Å². The van der Waals surface area contributed by atoms with Gasteiger partial charge in [-0.2, -0.15) is 0 Å². The van der Waals surface area contributed by atoms with Gasteiger partial charge in [0.25, 0.3) is 0 Å². The molecule has 0 aliphatic rings. The van der Waals surface area contributed by atoms with E-state index in [-0.39, 0.29) is 133 Å². The highest BCUT2D eigenvalue weighted by molar-refractivity contribution is 5.83. The number of hydrogen-bond donors (Lipinski definition) is 5. The lowest BCUT2D eigenvalue weighted by atomic mass is 9.67. The van der Waals surface area contributed by atoms with Crippen LogP contribution >= 0.6 is 0 Å². The standard InChI is InChI=1S/C12H20O6.C11H20O4.12CH4/c1-4-11(3,9(15)16)7-12(5-2,10(17)18)6-8(13)14;1-3-8(6-10(12)13)5-9(4-2)7-11(14)15;;;;;;;;;;;;/h4-7H2,1-3H3,(H,13,14)(H,15,16)(H,17,18);8-9H,3-7H2,1-2H3,(H,12,13)(H,14,15);12*1H4. The monoisotopic (exact) mass is 669 g/mol. The highest BCUT2D eigenvalue weighted by Gasteiger charge is 2.47. The molecule has 0 aliphatic heterocycles. The first-order chi connectivity index (χ1) is 15.1. The van der Waals surface area contributed by atoms with Gasteiger partial charge in [0.2, 0.25) is 0 Å². The first-order valence-electron chi connectivity index (χ1n) is 11.2. The highest BCUT2D eigenvalue weighted by Crippen LogP contribution is 2.42. The van der Waals surface area contributed by atoms with Gasteiger partial charge in [-0.15, -0.1) is 0 Å². The summed E-state index contributed by atoms with van der Waals surface area (Å²) < 4.78 is 0. The Morgan fingerprint density at radius 2 is 0.822 bits per heavy atom. The van der Waals surface area contributed by atoms with Gasteiger partial charge in [0.15, 0.2) is 0 Å². The van der Waals surface area contributed by atoms with Crippen LogP contribution in [0.1, 0.15) is 182 Å². The maximum absolute atomic E-state index is 11.3. The summed E-state index contributed by atoms with van der Waals surface area (Å²) in [5.41, 5.74) is -2.77. The average molecular weight is 669 g/mol. The zero-order chi connectivity index (χ0) is 26.4. The maximum atomic E-state index is 11.3. The molecule has 0 rings (SSSR count). The van der Waals surface area contributed by atoms with Gasteiger partial charge in [-0.25, -0.2) is 0 Å². The van der Waals surface area contributed by atoms with E-state index in [1.807, 2.05) is 13.8 Å². The lowest BCUT2D eigenvalue weighted by Crippen LogP contribution is -2.41. The van der Waals surface area contributed by atoms with E-state index in [0.29, 0.717) is 6.42 Å². The molecule has 0 aromatic carbocycles. The summed E-state index contributed by atoms with van der Waals surface area (Å²) in [5.74, 6) is -4.98. The minimum atomic E-state index is -1.53. The summed E-state index contributed by atoms with van der Waals surface area (Å²) in [7, 11) is 0. The Balaban J connectivity index is -0.0000000283.